The van der Waals surface area contributed by atoms with E-state index in [9.17, 15) is 0 Å². The number of aromatic nitrogens is 2. The van der Waals surface area contributed by atoms with E-state index in [0.29, 0.717) is 0 Å². The van der Waals surface area contributed by atoms with Crippen molar-refractivity contribution in [3.63, 3.8) is 0 Å². The summed E-state index contributed by atoms with van der Waals surface area (Å²) in [6, 6.07) is 0. The molecule has 1 aliphatic heterocycles. The molecule has 0 saturated carbocycles. The second-order valence-corrected chi connectivity index (χ2v) is 3.53. The highest BCUT2D eigenvalue weighted by Crippen LogP contribution is 2.23. The topological polar surface area (TPSA) is 29.9 Å². The first-order chi connectivity index (χ1) is 6.29. The quantitative estimate of drug-likeness (QED) is 0.739. The minimum absolute atomic E-state index is 0.718. The van der Waals surface area contributed by atoms with E-state index in [0.717, 1.165) is 30.2 Å². The summed E-state index contributed by atoms with van der Waals surface area (Å²) < 4.78 is 1.69. The number of halogens is 1. The van der Waals surface area contributed by atoms with E-state index in [1.54, 1.807) is 4.68 Å². The van der Waals surface area contributed by atoms with Gasteiger partial charge in [-0.3, -0.25) is 4.68 Å². The molecule has 0 spiro atoms. The fraction of sp³-hybridized carbons (Fsp3) is 0.444. The van der Waals surface area contributed by atoms with E-state index in [1.807, 2.05) is 13.2 Å². The molecule has 4 heteroatoms. The fourth-order valence-corrected chi connectivity index (χ4v) is 1.70. The molecule has 1 aliphatic rings. The van der Waals surface area contributed by atoms with Gasteiger partial charge in [-0.2, -0.15) is 5.10 Å². The molecule has 0 saturated heterocycles. The lowest BCUT2D eigenvalue weighted by Crippen LogP contribution is -2.21. The molecule has 0 fully saturated rings. The van der Waals surface area contributed by atoms with Gasteiger partial charge in [0.1, 0.15) is 5.15 Å². The molecule has 0 bridgehead atoms. The predicted octanol–water partition coefficient (Wildman–Crippen LogP) is 1.45. The molecule has 2 heterocycles. The van der Waals surface area contributed by atoms with Gasteiger partial charge in [0.15, 0.2) is 0 Å². The first-order valence-electron chi connectivity index (χ1n) is 4.36. The van der Waals surface area contributed by atoms with E-state index >= 15 is 0 Å². The van der Waals surface area contributed by atoms with Crippen LogP contribution < -0.4 is 5.32 Å². The maximum absolute atomic E-state index is 6.07. The van der Waals surface area contributed by atoms with Crippen molar-refractivity contribution in [1.82, 2.24) is 15.1 Å². The fourth-order valence-electron chi connectivity index (χ4n) is 1.49. The van der Waals surface area contributed by atoms with Gasteiger partial charge in [-0.05, 0) is 18.5 Å². The molecule has 0 atom stereocenters. The first-order valence-corrected chi connectivity index (χ1v) is 4.74. The van der Waals surface area contributed by atoms with Gasteiger partial charge in [0.05, 0.1) is 6.20 Å². The SMILES string of the molecule is Cn1ncc(C2=CCCNC2)c1Cl. The average Bonchev–Trinajstić information content (AvgIpc) is 2.49. The van der Waals surface area contributed by atoms with E-state index in [1.165, 1.54) is 5.57 Å². The van der Waals surface area contributed by atoms with Crippen LogP contribution >= 0.6 is 11.6 Å². The third-order valence-electron chi connectivity index (χ3n) is 2.24. The van der Waals surface area contributed by atoms with Crippen LogP contribution in [-0.2, 0) is 7.05 Å². The van der Waals surface area contributed by atoms with Crippen LogP contribution in [0.3, 0.4) is 0 Å². The maximum Gasteiger partial charge on any atom is 0.134 e. The maximum atomic E-state index is 6.07. The number of rotatable bonds is 1. The summed E-state index contributed by atoms with van der Waals surface area (Å²) in [5, 5.41) is 8.13. The highest BCUT2D eigenvalue weighted by molar-refractivity contribution is 6.31. The first kappa shape index (κ1) is 8.78. The van der Waals surface area contributed by atoms with Crippen molar-refractivity contribution in [2.75, 3.05) is 13.1 Å². The van der Waals surface area contributed by atoms with Crippen LogP contribution in [0.5, 0.6) is 0 Å². The van der Waals surface area contributed by atoms with Gasteiger partial charge < -0.3 is 5.32 Å². The van der Waals surface area contributed by atoms with E-state index in [4.69, 9.17) is 11.6 Å². The smallest absolute Gasteiger partial charge is 0.134 e. The summed E-state index contributed by atoms with van der Waals surface area (Å²) in [5.41, 5.74) is 2.31. The Morgan fingerprint density at radius 2 is 2.46 bits per heavy atom. The zero-order valence-corrected chi connectivity index (χ0v) is 8.30. The second-order valence-electron chi connectivity index (χ2n) is 3.17. The highest BCUT2D eigenvalue weighted by atomic mass is 35.5. The summed E-state index contributed by atoms with van der Waals surface area (Å²) in [4.78, 5) is 0. The summed E-state index contributed by atoms with van der Waals surface area (Å²) in [5.74, 6) is 0. The van der Waals surface area contributed by atoms with Crippen LogP contribution in [-0.4, -0.2) is 22.9 Å². The van der Waals surface area contributed by atoms with Crippen LogP contribution in [0.15, 0.2) is 12.3 Å². The largest absolute Gasteiger partial charge is 0.312 e. The molecular formula is C9H12ClN3. The van der Waals surface area contributed by atoms with Crippen LogP contribution in [0.4, 0.5) is 0 Å². The molecule has 1 N–H and O–H groups in total. The average molecular weight is 198 g/mol. The van der Waals surface area contributed by atoms with Gasteiger partial charge in [-0.15, -0.1) is 0 Å². The highest BCUT2D eigenvalue weighted by Gasteiger charge is 2.12. The molecule has 0 unspecified atom stereocenters. The lowest BCUT2D eigenvalue weighted by molar-refractivity contribution is 0.738. The predicted molar refractivity (Wildman–Crippen MR) is 53.7 cm³/mol. The standard InChI is InChI=1S/C9H12ClN3/c1-13-9(10)8(6-12-13)7-3-2-4-11-5-7/h3,6,11H,2,4-5H2,1H3. The van der Waals surface area contributed by atoms with Gasteiger partial charge in [0, 0.05) is 19.2 Å². The van der Waals surface area contributed by atoms with Crippen molar-refractivity contribution in [1.29, 1.82) is 0 Å². The third kappa shape index (κ3) is 1.62. The minimum Gasteiger partial charge on any atom is -0.312 e. The van der Waals surface area contributed by atoms with E-state index < -0.39 is 0 Å². The van der Waals surface area contributed by atoms with Gasteiger partial charge in [-0.25, -0.2) is 0 Å². The molecule has 0 aromatic carbocycles. The van der Waals surface area contributed by atoms with Crippen molar-refractivity contribution in [2.24, 2.45) is 7.05 Å². The molecule has 0 aliphatic carbocycles. The van der Waals surface area contributed by atoms with Crippen molar-refractivity contribution in [2.45, 2.75) is 6.42 Å². The molecule has 1 aromatic heterocycles. The minimum atomic E-state index is 0.718. The molecule has 13 heavy (non-hydrogen) atoms. The van der Waals surface area contributed by atoms with Gasteiger partial charge in [0.25, 0.3) is 0 Å². The molecule has 0 amide bonds. The van der Waals surface area contributed by atoms with Crippen LogP contribution in [0.2, 0.25) is 5.15 Å². The number of hydrogen-bond donors (Lipinski definition) is 1. The third-order valence-corrected chi connectivity index (χ3v) is 2.69. The molecular weight excluding hydrogens is 186 g/mol. The Labute approximate surface area is 82.4 Å². The lowest BCUT2D eigenvalue weighted by atomic mass is 10.1. The zero-order valence-electron chi connectivity index (χ0n) is 7.55. The second kappa shape index (κ2) is 3.52. The zero-order chi connectivity index (χ0) is 9.26. The Kier molecular flexibility index (Phi) is 2.38. The Hall–Kier alpha value is -0.800. The Bertz CT molecular complexity index is 341. The number of hydrogen-bond acceptors (Lipinski definition) is 2. The van der Waals surface area contributed by atoms with Crippen molar-refractivity contribution >= 4 is 17.2 Å². The van der Waals surface area contributed by atoms with Crippen molar-refractivity contribution in [3.8, 4) is 0 Å². The lowest BCUT2D eigenvalue weighted by Gasteiger charge is -2.12. The Morgan fingerprint density at radius 3 is 3.00 bits per heavy atom. The van der Waals surface area contributed by atoms with Crippen molar-refractivity contribution in [3.05, 3.63) is 23.0 Å². The molecule has 0 radical (unpaired) electrons. The molecule has 2 rings (SSSR count). The van der Waals surface area contributed by atoms with Crippen LogP contribution in [0.25, 0.3) is 5.57 Å². The van der Waals surface area contributed by atoms with Gasteiger partial charge in [0.2, 0.25) is 0 Å². The van der Waals surface area contributed by atoms with Gasteiger partial charge >= 0.3 is 0 Å². The normalized spacial score (nSPS) is 17.2. The number of nitrogens with zero attached hydrogens (tertiary/aromatic N) is 2. The monoisotopic (exact) mass is 197 g/mol. The summed E-state index contributed by atoms with van der Waals surface area (Å²) >= 11 is 6.07. The summed E-state index contributed by atoms with van der Waals surface area (Å²) in [6.45, 7) is 1.95. The van der Waals surface area contributed by atoms with E-state index in [2.05, 4.69) is 16.5 Å². The molecule has 3 nitrogen and oxygen atoms in total. The summed E-state index contributed by atoms with van der Waals surface area (Å²) in [6.07, 6.45) is 5.11. The Morgan fingerprint density at radius 1 is 1.62 bits per heavy atom. The van der Waals surface area contributed by atoms with E-state index in [-0.39, 0.29) is 0 Å². The van der Waals surface area contributed by atoms with Crippen molar-refractivity contribution < 1.29 is 0 Å². The number of nitrogens with one attached hydrogen (secondary N) is 1. The van der Waals surface area contributed by atoms with Crippen LogP contribution in [0, 0.1) is 0 Å². The molecule has 70 valence electrons. The Balaban J connectivity index is 2.34. The van der Waals surface area contributed by atoms with Gasteiger partial charge in [-0.1, -0.05) is 17.7 Å². The summed E-state index contributed by atoms with van der Waals surface area (Å²) in [7, 11) is 1.85. The van der Waals surface area contributed by atoms with Crippen LogP contribution in [0.1, 0.15) is 12.0 Å². The molecule has 1 aromatic rings. The number of aryl methyl sites for hydroxylation is 1.